The smallest absolute Gasteiger partial charge is 0.245 e. The van der Waals surface area contributed by atoms with Gasteiger partial charge in [-0.1, -0.05) is 18.1 Å². The van der Waals surface area contributed by atoms with E-state index in [0.717, 1.165) is 12.5 Å². The fourth-order valence-electron chi connectivity index (χ4n) is 3.59. The van der Waals surface area contributed by atoms with Crippen molar-refractivity contribution in [2.75, 3.05) is 29.1 Å². The van der Waals surface area contributed by atoms with Crippen LogP contribution < -0.4 is 3.71 Å². The predicted molar refractivity (Wildman–Crippen MR) is 126 cm³/mol. The number of aliphatic hydroxyl groups excluding tert-OH is 1. The van der Waals surface area contributed by atoms with E-state index in [9.17, 15) is 26.7 Å². The Morgan fingerprint density at radius 2 is 1.81 bits per heavy atom. The maximum Gasteiger partial charge on any atom is 0.245 e. The van der Waals surface area contributed by atoms with Crippen LogP contribution in [0.4, 0.5) is 5.69 Å². The van der Waals surface area contributed by atoms with Gasteiger partial charge in [-0.05, 0) is 43.2 Å². The first-order chi connectivity index (χ1) is 14.8. The van der Waals surface area contributed by atoms with Gasteiger partial charge in [0.25, 0.3) is 0 Å². The fraction of sp³-hybridized carbons (Fsp3) is 0.500. The van der Waals surface area contributed by atoms with Crippen molar-refractivity contribution >= 4 is 49.0 Å². The van der Waals surface area contributed by atoms with Crippen LogP contribution >= 0.6 is 11.8 Å². The van der Waals surface area contributed by atoms with Gasteiger partial charge >= 0.3 is 0 Å². The number of aliphatic hydroxyl groups is 1. The van der Waals surface area contributed by atoms with Gasteiger partial charge in [-0.25, -0.2) is 16.8 Å². The topological polar surface area (TPSA) is 130 Å². The Labute approximate surface area is 193 Å². The molecule has 0 amide bonds. The summed E-state index contributed by atoms with van der Waals surface area (Å²) < 4.78 is 49.5. The first-order valence-corrected chi connectivity index (χ1v) is 14.8. The summed E-state index contributed by atoms with van der Waals surface area (Å²) in [5, 5.41) is 14.6. The number of thioether (sulfide) groups is 1. The molecule has 0 fully saturated rings. The number of oxime groups is 1. The van der Waals surface area contributed by atoms with Crippen molar-refractivity contribution in [1.82, 2.24) is 0 Å². The molecule has 0 spiro atoms. The average Bonchev–Trinajstić information content (AvgIpc) is 2.67. The molecule has 0 aliphatic heterocycles. The summed E-state index contributed by atoms with van der Waals surface area (Å²) in [4.78, 5) is 18.3. The molecule has 1 aliphatic carbocycles. The Balaban J connectivity index is 2.55. The third-order valence-electron chi connectivity index (χ3n) is 4.84. The van der Waals surface area contributed by atoms with Gasteiger partial charge in [-0.2, -0.15) is 3.71 Å². The van der Waals surface area contributed by atoms with E-state index in [1.807, 2.05) is 0 Å². The highest BCUT2D eigenvalue weighted by molar-refractivity contribution is 8.09. The molecule has 1 unspecified atom stereocenters. The minimum absolute atomic E-state index is 0.00568. The van der Waals surface area contributed by atoms with Crippen LogP contribution in [0.2, 0.25) is 0 Å². The lowest BCUT2D eigenvalue weighted by molar-refractivity contribution is -0.116. The Kier molecular flexibility index (Phi) is 8.40. The number of nitrogens with zero attached hydrogens (tertiary/aromatic N) is 2. The number of sulfonamides is 2. The summed E-state index contributed by atoms with van der Waals surface area (Å²) in [6.45, 7) is 3.89. The van der Waals surface area contributed by atoms with Gasteiger partial charge in [-0.15, -0.1) is 11.8 Å². The molecular weight excluding hydrogens is 476 g/mol. The van der Waals surface area contributed by atoms with Gasteiger partial charge < -0.3 is 9.94 Å². The second-order valence-electron chi connectivity index (χ2n) is 7.31. The van der Waals surface area contributed by atoms with Crippen molar-refractivity contribution in [2.24, 2.45) is 5.16 Å². The van der Waals surface area contributed by atoms with Crippen LogP contribution in [-0.4, -0.2) is 58.8 Å². The zero-order valence-electron chi connectivity index (χ0n) is 18.7. The molecular formula is C20H28N2O7S3. The quantitative estimate of drug-likeness (QED) is 0.308. The van der Waals surface area contributed by atoms with Crippen LogP contribution in [0.25, 0.3) is 0 Å². The molecule has 1 aromatic rings. The average molecular weight is 505 g/mol. The lowest BCUT2D eigenvalue weighted by Gasteiger charge is -2.27. The maximum atomic E-state index is 12.9. The van der Waals surface area contributed by atoms with E-state index >= 15 is 0 Å². The molecule has 1 aliphatic rings. The summed E-state index contributed by atoms with van der Waals surface area (Å²) >= 11 is 1.20. The van der Waals surface area contributed by atoms with Crippen LogP contribution in [0, 0.1) is 0 Å². The molecule has 0 saturated heterocycles. The van der Waals surface area contributed by atoms with Gasteiger partial charge in [0, 0.05) is 17.7 Å². The van der Waals surface area contributed by atoms with Gasteiger partial charge in [0.05, 0.1) is 29.5 Å². The van der Waals surface area contributed by atoms with Gasteiger partial charge in [0.15, 0.2) is 5.78 Å². The zero-order chi connectivity index (χ0) is 24.3. The first kappa shape index (κ1) is 26.2. The summed E-state index contributed by atoms with van der Waals surface area (Å²) in [7, 11) is -8.27. The molecule has 9 nitrogen and oxygen atoms in total. The highest BCUT2D eigenvalue weighted by Crippen LogP contribution is 2.39. The zero-order valence-corrected chi connectivity index (χ0v) is 21.1. The number of anilines is 1. The number of hydrogen-bond donors (Lipinski definition) is 1. The maximum absolute atomic E-state index is 12.9. The number of carbonyl (C=O) groups excluding carboxylic acids is 1. The second-order valence-corrected chi connectivity index (χ2v) is 12.1. The molecule has 32 heavy (non-hydrogen) atoms. The number of carbonyl (C=O) groups is 1. The third kappa shape index (κ3) is 5.84. The Morgan fingerprint density at radius 1 is 1.19 bits per heavy atom. The van der Waals surface area contributed by atoms with Crippen LogP contribution in [0.15, 0.2) is 39.6 Å². The normalized spacial score (nSPS) is 18.1. The molecule has 1 aromatic carbocycles. The second kappa shape index (κ2) is 10.3. The lowest BCUT2D eigenvalue weighted by atomic mass is 9.81. The number of benzene rings is 1. The van der Waals surface area contributed by atoms with Gasteiger partial charge in [0.2, 0.25) is 20.0 Å². The fourth-order valence-corrected chi connectivity index (χ4v) is 7.26. The van der Waals surface area contributed by atoms with Crippen LogP contribution in [0.5, 0.6) is 0 Å². The third-order valence-corrected chi connectivity index (χ3v) is 8.85. The summed E-state index contributed by atoms with van der Waals surface area (Å²) in [6.07, 6.45) is 3.93. The van der Waals surface area contributed by atoms with E-state index in [1.54, 1.807) is 32.2 Å². The minimum Gasteiger partial charge on any atom is -0.511 e. The predicted octanol–water partition coefficient (Wildman–Crippen LogP) is 3.20. The highest BCUT2D eigenvalue weighted by Gasteiger charge is 2.34. The molecule has 1 N–H and O–H groups in total. The van der Waals surface area contributed by atoms with E-state index in [-0.39, 0.29) is 35.6 Å². The van der Waals surface area contributed by atoms with E-state index in [1.165, 1.54) is 17.8 Å². The molecule has 1 atom stereocenters. The van der Waals surface area contributed by atoms with Gasteiger partial charge in [0.1, 0.15) is 12.4 Å². The van der Waals surface area contributed by atoms with Crippen LogP contribution in [0.3, 0.4) is 0 Å². The minimum atomic E-state index is -4.13. The Hall–Kier alpha value is -2.05. The van der Waals surface area contributed by atoms with E-state index in [4.69, 9.17) is 4.84 Å². The SMILES string of the molecule is CCO/N=C(/CC)C1=C(O)CC(c2ccc(SC)c(N(S(C)(=O)=O)S(C)(=O)=O)c2)CC1=O. The molecule has 0 radical (unpaired) electrons. The van der Waals surface area contributed by atoms with Crippen LogP contribution in [0.1, 0.15) is 44.6 Å². The lowest BCUT2D eigenvalue weighted by Crippen LogP contribution is -2.35. The molecule has 0 saturated carbocycles. The van der Waals surface area contributed by atoms with Crippen molar-refractivity contribution in [2.45, 2.75) is 43.9 Å². The molecule has 0 bridgehead atoms. The molecule has 178 valence electrons. The van der Waals surface area contributed by atoms with Crippen molar-refractivity contribution < 1.29 is 31.6 Å². The van der Waals surface area contributed by atoms with E-state index < -0.39 is 26.0 Å². The summed E-state index contributed by atoms with van der Waals surface area (Å²) in [5.74, 6) is -0.880. The number of rotatable bonds is 9. The molecule has 12 heteroatoms. The number of hydrogen-bond acceptors (Lipinski definition) is 9. The first-order valence-electron chi connectivity index (χ1n) is 9.87. The van der Waals surface area contributed by atoms with Crippen molar-refractivity contribution in [1.29, 1.82) is 0 Å². The van der Waals surface area contributed by atoms with E-state index in [2.05, 4.69) is 5.16 Å². The standard InChI is InChI=1S/C20H28N2O7S3/c1-6-15(21-29-7-2)20-17(23)11-14(12-18(20)24)13-8-9-19(30-3)16(10-13)22(31(4,25)26)32(5,27)28/h8-10,14,23H,6-7,11-12H2,1-5H3/b21-15-. The Bertz CT molecular complexity index is 1120. The molecule has 0 aromatic heterocycles. The summed E-state index contributed by atoms with van der Waals surface area (Å²) in [6, 6.07) is 4.79. The van der Waals surface area contributed by atoms with Crippen LogP contribution in [-0.2, 0) is 29.7 Å². The number of Topliss-reactive ketones (excluding diaryl/α,β-unsaturated/α-hetero) is 1. The molecule has 2 rings (SSSR count). The highest BCUT2D eigenvalue weighted by atomic mass is 32.3. The van der Waals surface area contributed by atoms with Gasteiger partial charge in [-0.3, -0.25) is 4.79 Å². The van der Waals surface area contributed by atoms with E-state index in [0.29, 0.717) is 32.9 Å². The number of allylic oxidation sites excluding steroid dienone is 2. The van der Waals surface area contributed by atoms with Crippen molar-refractivity contribution in [3.05, 3.63) is 35.1 Å². The largest absolute Gasteiger partial charge is 0.511 e. The summed E-state index contributed by atoms with van der Waals surface area (Å²) in [5.41, 5.74) is 1.06. The Morgan fingerprint density at radius 3 is 2.28 bits per heavy atom. The monoisotopic (exact) mass is 504 g/mol. The van der Waals surface area contributed by atoms with Crippen molar-refractivity contribution in [3.63, 3.8) is 0 Å². The molecule has 0 heterocycles. The number of ketones is 1. The van der Waals surface area contributed by atoms with Crippen molar-refractivity contribution in [3.8, 4) is 0 Å².